The third-order valence-corrected chi connectivity index (χ3v) is 3.11. The molecule has 0 aliphatic rings. The summed E-state index contributed by atoms with van der Waals surface area (Å²) in [7, 11) is 1.93. The van der Waals surface area contributed by atoms with Crippen LogP contribution in [0.1, 0.15) is 12.6 Å². The zero-order valence-electron chi connectivity index (χ0n) is 8.74. The average molecular weight is 313 g/mol. The first-order valence-electron chi connectivity index (χ1n) is 4.87. The summed E-state index contributed by atoms with van der Waals surface area (Å²) in [4.78, 5) is 0. The molecule has 0 amide bonds. The molecule has 1 aromatic heterocycles. The van der Waals surface area contributed by atoms with Crippen molar-refractivity contribution in [2.24, 2.45) is 7.05 Å². The summed E-state index contributed by atoms with van der Waals surface area (Å²) >= 11 is 2.30. The van der Waals surface area contributed by atoms with E-state index in [2.05, 4.69) is 64.1 Å². The van der Waals surface area contributed by atoms with E-state index in [1.807, 2.05) is 11.7 Å². The van der Waals surface area contributed by atoms with Crippen molar-refractivity contribution < 1.29 is 0 Å². The van der Waals surface area contributed by atoms with Crippen LogP contribution in [0.5, 0.6) is 0 Å². The van der Waals surface area contributed by atoms with Crippen molar-refractivity contribution >= 4 is 22.6 Å². The van der Waals surface area contributed by atoms with E-state index in [9.17, 15) is 0 Å². The Kier molecular flexibility index (Phi) is 3.04. The van der Waals surface area contributed by atoms with Gasteiger partial charge < -0.3 is 0 Å². The Bertz CT molecular complexity index is 459. The molecule has 4 heteroatoms. The van der Waals surface area contributed by atoms with Crippen molar-refractivity contribution in [1.29, 1.82) is 0 Å². The molecule has 0 fully saturated rings. The third kappa shape index (κ3) is 2.04. The zero-order chi connectivity index (χ0) is 10.8. The summed E-state index contributed by atoms with van der Waals surface area (Å²) in [5, 5.41) is 8.25. The largest absolute Gasteiger partial charge is 0.252 e. The van der Waals surface area contributed by atoms with Crippen LogP contribution in [0.25, 0.3) is 11.3 Å². The van der Waals surface area contributed by atoms with Crippen LogP contribution in [0.15, 0.2) is 24.3 Å². The molecule has 78 valence electrons. The van der Waals surface area contributed by atoms with Gasteiger partial charge in [-0.1, -0.05) is 24.3 Å². The van der Waals surface area contributed by atoms with Crippen LogP contribution in [0, 0.1) is 3.57 Å². The molecule has 0 radical (unpaired) electrons. The predicted molar refractivity (Wildman–Crippen MR) is 68.5 cm³/mol. The monoisotopic (exact) mass is 313 g/mol. The maximum Gasteiger partial charge on any atom is 0.116 e. The third-order valence-electron chi connectivity index (χ3n) is 2.40. The van der Waals surface area contributed by atoms with Gasteiger partial charge in [-0.3, -0.25) is 4.68 Å². The van der Waals surface area contributed by atoms with Gasteiger partial charge in [0.1, 0.15) is 5.69 Å². The normalized spacial score (nSPS) is 10.6. The summed E-state index contributed by atoms with van der Waals surface area (Å²) < 4.78 is 3.08. The molecule has 0 bridgehead atoms. The number of aromatic nitrogens is 3. The minimum atomic E-state index is 0.949. The molecule has 2 rings (SSSR count). The molecular weight excluding hydrogens is 301 g/mol. The molecule has 0 unspecified atom stereocenters. The Labute approximate surface area is 103 Å². The average Bonchev–Trinajstić information content (AvgIpc) is 2.61. The van der Waals surface area contributed by atoms with Crippen LogP contribution in [0.3, 0.4) is 0 Å². The Balaban J connectivity index is 2.49. The summed E-state index contributed by atoms with van der Waals surface area (Å²) in [5.41, 5.74) is 3.31. The van der Waals surface area contributed by atoms with Gasteiger partial charge in [0.25, 0.3) is 0 Å². The van der Waals surface area contributed by atoms with Crippen molar-refractivity contribution in [2.75, 3.05) is 0 Å². The quantitative estimate of drug-likeness (QED) is 0.798. The highest BCUT2D eigenvalue weighted by molar-refractivity contribution is 14.1. The predicted octanol–water partition coefficient (Wildman–Crippen LogP) is 2.65. The van der Waals surface area contributed by atoms with E-state index in [-0.39, 0.29) is 0 Å². The van der Waals surface area contributed by atoms with Crippen molar-refractivity contribution in [3.8, 4) is 11.3 Å². The van der Waals surface area contributed by atoms with Crippen LogP contribution in [0.2, 0.25) is 0 Å². The van der Waals surface area contributed by atoms with Gasteiger partial charge in [0.2, 0.25) is 0 Å². The van der Waals surface area contributed by atoms with E-state index < -0.39 is 0 Å². The lowest BCUT2D eigenvalue weighted by Gasteiger charge is -2.01. The first kappa shape index (κ1) is 10.6. The van der Waals surface area contributed by atoms with Gasteiger partial charge in [-0.25, -0.2) is 0 Å². The fourth-order valence-electron chi connectivity index (χ4n) is 1.61. The van der Waals surface area contributed by atoms with E-state index in [0.29, 0.717) is 0 Å². The molecule has 0 aliphatic carbocycles. The molecule has 0 N–H and O–H groups in total. The summed E-state index contributed by atoms with van der Waals surface area (Å²) in [6.07, 6.45) is 0.949. The molecule has 0 spiro atoms. The Morgan fingerprint density at radius 1 is 1.27 bits per heavy atom. The minimum absolute atomic E-state index is 0.949. The number of hydrogen-bond donors (Lipinski definition) is 0. The van der Waals surface area contributed by atoms with Crippen LogP contribution >= 0.6 is 22.6 Å². The molecule has 1 heterocycles. The fraction of sp³-hybridized carbons (Fsp3) is 0.273. The maximum absolute atomic E-state index is 4.20. The Morgan fingerprint density at radius 3 is 2.53 bits per heavy atom. The number of benzene rings is 1. The highest BCUT2D eigenvalue weighted by Gasteiger charge is 2.10. The Morgan fingerprint density at radius 2 is 1.93 bits per heavy atom. The summed E-state index contributed by atoms with van der Waals surface area (Å²) in [5.74, 6) is 0. The number of rotatable bonds is 2. The van der Waals surface area contributed by atoms with Crippen molar-refractivity contribution in [3.63, 3.8) is 0 Å². The van der Waals surface area contributed by atoms with Gasteiger partial charge in [0.15, 0.2) is 0 Å². The van der Waals surface area contributed by atoms with Crippen LogP contribution < -0.4 is 0 Å². The lowest BCUT2D eigenvalue weighted by atomic mass is 10.1. The van der Waals surface area contributed by atoms with Gasteiger partial charge in [-0.05, 0) is 41.1 Å². The van der Waals surface area contributed by atoms with Crippen molar-refractivity contribution in [3.05, 3.63) is 33.5 Å². The van der Waals surface area contributed by atoms with Crippen LogP contribution in [0.4, 0.5) is 0 Å². The van der Waals surface area contributed by atoms with Crippen molar-refractivity contribution in [2.45, 2.75) is 13.3 Å². The van der Waals surface area contributed by atoms with Crippen LogP contribution in [-0.2, 0) is 13.5 Å². The van der Waals surface area contributed by atoms with E-state index >= 15 is 0 Å². The first-order chi connectivity index (χ1) is 7.22. The molecule has 1 aromatic carbocycles. The highest BCUT2D eigenvalue weighted by atomic mass is 127. The summed E-state index contributed by atoms with van der Waals surface area (Å²) in [6, 6.07) is 8.35. The number of nitrogens with zero attached hydrogens (tertiary/aromatic N) is 3. The van der Waals surface area contributed by atoms with Crippen molar-refractivity contribution in [1.82, 2.24) is 15.0 Å². The standard InChI is InChI=1S/C11H12IN3/c1-3-10-11(13-14-15(10)2)8-4-6-9(12)7-5-8/h4-7H,3H2,1-2H3. The SMILES string of the molecule is CCc1c(-c2ccc(I)cc2)nnn1C. The van der Waals surface area contributed by atoms with E-state index in [4.69, 9.17) is 0 Å². The molecular formula is C11H12IN3. The topological polar surface area (TPSA) is 30.7 Å². The second kappa shape index (κ2) is 4.30. The lowest BCUT2D eigenvalue weighted by Crippen LogP contribution is -1.97. The molecule has 0 saturated carbocycles. The van der Waals surface area contributed by atoms with Gasteiger partial charge in [0, 0.05) is 16.2 Å². The van der Waals surface area contributed by atoms with E-state index in [1.54, 1.807) is 0 Å². The van der Waals surface area contributed by atoms with E-state index in [0.717, 1.165) is 17.7 Å². The number of hydrogen-bond acceptors (Lipinski definition) is 2. The smallest absolute Gasteiger partial charge is 0.116 e. The second-order valence-electron chi connectivity index (χ2n) is 3.37. The molecule has 0 saturated heterocycles. The highest BCUT2D eigenvalue weighted by Crippen LogP contribution is 2.21. The zero-order valence-corrected chi connectivity index (χ0v) is 10.9. The number of aryl methyl sites for hydroxylation is 1. The second-order valence-corrected chi connectivity index (χ2v) is 4.61. The maximum atomic E-state index is 4.20. The fourth-order valence-corrected chi connectivity index (χ4v) is 1.96. The molecule has 15 heavy (non-hydrogen) atoms. The summed E-state index contributed by atoms with van der Waals surface area (Å²) in [6.45, 7) is 2.12. The molecule has 2 aromatic rings. The minimum Gasteiger partial charge on any atom is -0.252 e. The molecule has 0 aliphatic heterocycles. The molecule has 0 atom stereocenters. The van der Waals surface area contributed by atoms with Crippen LogP contribution in [-0.4, -0.2) is 15.0 Å². The Hall–Kier alpha value is -0.910. The van der Waals surface area contributed by atoms with Gasteiger partial charge in [-0.2, -0.15) is 0 Å². The number of halogens is 1. The van der Waals surface area contributed by atoms with Gasteiger partial charge >= 0.3 is 0 Å². The van der Waals surface area contributed by atoms with Gasteiger partial charge in [-0.15, -0.1) is 5.10 Å². The first-order valence-corrected chi connectivity index (χ1v) is 5.94. The van der Waals surface area contributed by atoms with E-state index in [1.165, 1.54) is 9.26 Å². The molecule has 3 nitrogen and oxygen atoms in total. The lowest BCUT2D eigenvalue weighted by molar-refractivity contribution is 0.682. The van der Waals surface area contributed by atoms with Gasteiger partial charge in [0.05, 0.1) is 5.69 Å².